The number of hydrogen-bond donors (Lipinski definition) is 1. The molecule has 132 valence electrons. The zero-order valence-electron chi connectivity index (χ0n) is 14.6. The highest BCUT2D eigenvalue weighted by atomic mass is 16.6. The molecular formula is C16H29N3O4. The van der Waals surface area contributed by atoms with Gasteiger partial charge in [-0.15, -0.1) is 0 Å². The number of carbonyl (C=O) groups excluding carboxylic acids is 1. The fraction of sp³-hybridized carbons (Fsp3) is 0.875. The average Bonchev–Trinajstić information content (AvgIpc) is 2.45. The molecule has 2 aliphatic heterocycles. The quantitative estimate of drug-likeness (QED) is 0.814. The van der Waals surface area contributed by atoms with Crippen LogP contribution in [0.25, 0.3) is 0 Å². The van der Waals surface area contributed by atoms with Crippen LogP contribution in [0.15, 0.2) is 0 Å². The second-order valence-electron chi connectivity index (χ2n) is 7.65. The van der Waals surface area contributed by atoms with Gasteiger partial charge in [0.25, 0.3) is 0 Å². The molecule has 2 fully saturated rings. The third-order valence-electron chi connectivity index (χ3n) is 4.48. The van der Waals surface area contributed by atoms with E-state index in [0.29, 0.717) is 13.0 Å². The number of hydrogen-bond acceptors (Lipinski definition) is 5. The largest absolute Gasteiger partial charge is 0.481 e. The van der Waals surface area contributed by atoms with E-state index in [-0.39, 0.29) is 12.6 Å². The minimum absolute atomic E-state index is 0.0890. The van der Waals surface area contributed by atoms with E-state index < -0.39 is 23.6 Å². The lowest BCUT2D eigenvalue weighted by molar-refractivity contribution is -0.144. The molecule has 2 heterocycles. The standard InChI is InChI=1S/C16H29N3O4/c1-16(2,3)23-15(22)19-10-12(14(20)21)9-13(11-19)18-7-5-17(4)6-8-18/h12-13H,5-11H2,1-4H3,(H,20,21)/t12-,13+/m0/s1. The molecule has 7 nitrogen and oxygen atoms in total. The van der Waals surface area contributed by atoms with Crippen molar-refractivity contribution in [1.29, 1.82) is 0 Å². The maximum absolute atomic E-state index is 12.3. The van der Waals surface area contributed by atoms with Crippen LogP contribution in [0.4, 0.5) is 4.79 Å². The lowest BCUT2D eigenvalue weighted by Gasteiger charge is -2.44. The van der Waals surface area contributed by atoms with E-state index in [9.17, 15) is 14.7 Å². The van der Waals surface area contributed by atoms with Gasteiger partial charge in [0.15, 0.2) is 0 Å². The predicted octanol–water partition coefficient (Wildman–Crippen LogP) is 0.944. The summed E-state index contributed by atoms with van der Waals surface area (Å²) in [6.45, 7) is 10.0. The molecule has 0 aromatic rings. The first kappa shape index (κ1) is 18.0. The zero-order chi connectivity index (χ0) is 17.2. The highest BCUT2D eigenvalue weighted by molar-refractivity contribution is 5.73. The van der Waals surface area contributed by atoms with Crippen LogP contribution in [0.3, 0.4) is 0 Å². The second kappa shape index (κ2) is 7.05. The Morgan fingerprint density at radius 3 is 2.22 bits per heavy atom. The first-order chi connectivity index (χ1) is 10.7. The summed E-state index contributed by atoms with van der Waals surface area (Å²) in [5, 5.41) is 9.42. The molecule has 1 N–H and O–H groups in total. The SMILES string of the molecule is CN1CCN([C@@H]2C[C@H](C(=O)O)CN(C(=O)OC(C)(C)C)C2)CC1. The predicted molar refractivity (Wildman–Crippen MR) is 86.4 cm³/mol. The monoisotopic (exact) mass is 327 g/mol. The number of amides is 1. The van der Waals surface area contributed by atoms with Crippen molar-refractivity contribution in [3.05, 3.63) is 0 Å². The Balaban J connectivity index is 2.05. The normalized spacial score (nSPS) is 27.7. The zero-order valence-corrected chi connectivity index (χ0v) is 14.6. The van der Waals surface area contributed by atoms with Crippen LogP contribution in [-0.4, -0.2) is 89.8 Å². The molecule has 0 saturated carbocycles. The smallest absolute Gasteiger partial charge is 0.410 e. The molecule has 0 spiro atoms. The molecule has 0 aliphatic carbocycles. The summed E-state index contributed by atoms with van der Waals surface area (Å²) in [7, 11) is 2.09. The second-order valence-corrected chi connectivity index (χ2v) is 7.65. The molecular weight excluding hydrogens is 298 g/mol. The van der Waals surface area contributed by atoms with Crippen molar-refractivity contribution in [2.24, 2.45) is 5.92 Å². The van der Waals surface area contributed by atoms with Crippen LogP contribution in [-0.2, 0) is 9.53 Å². The molecule has 0 aromatic carbocycles. The lowest BCUT2D eigenvalue weighted by atomic mass is 9.93. The molecule has 2 atom stereocenters. The number of carbonyl (C=O) groups is 2. The molecule has 0 radical (unpaired) electrons. The average molecular weight is 327 g/mol. The van der Waals surface area contributed by atoms with Gasteiger partial charge in [0, 0.05) is 45.3 Å². The molecule has 0 aromatic heterocycles. The number of piperazine rings is 1. The van der Waals surface area contributed by atoms with Gasteiger partial charge in [0.1, 0.15) is 5.60 Å². The Hall–Kier alpha value is -1.34. The molecule has 1 amide bonds. The van der Waals surface area contributed by atoms with Crippen molar-refractivity contribution < 1.29 is 19.4 Å². The molecule has 23 heavy (non-hydrogen) atoms. The third-order valence-corrected chi connectivity index (χ3v) is 4.48. The van der Waals surface area contributed by atoms with Crippen molar-refractivity contribution in [2.75, 3.05) is 46.3 Å². The maximum Gasteiger partial charge on any atom is 0.410 e. The van der Waals surface area contributed by atoms with E-state index in [1.165, 1.54) is 0 Å². The number of piperidine rings is 1. The third kappa shape index (κ3) is 5.07. The summed E-state index contributed by atoms with van der Waals surface area (Å²) in [6.07, 6.45) is 0.181. The molecule has 2 aliphatic rings. The molecule has 2 rings (SSSR count). The van der Waals surface area contributed by atoms with Crippen molar-refractivity contribution in [2.45, 2.75) is 38.8 Å². The van der Waals surface area contributed by atoms with Gasteiger partial charge in [-0.25, -0.2) is 4.79 Å². The van der Waals surface area contributed by atoms with Crippen molar-refractivity contribution in [3.8, 4) is 0 Å². The van der Waals surface area contributed by atoms with Crippen LogP contribution >= 0.6 is 0 Å². The molecule has 7 heteroatoms. The van der Waals surface area contributed by atoms with E-state index in [1.54, 1.807) is 4.90 Å². The van der Waals surface area contributed by atoms with Crippen LogP contribution in [0.1, 0.15) is 27.2 Å². The van der Waals surface area contributed by atoms with Gasteiger partial charge < -0.3 is 19.6 Å². The number of carboxylic acid groups (broad SMARTS) is 1. The Kier molecular flexibility index (Phi) is 5.52. The van der Waals surface area contributed by atoms with Crippen LogP contribution in [0, 0.1) is 5.92 Å². The maximum atomic E-state index is 12.3. The highest BCUT2D eigenvalue weighted by Gasteiger charge is 2.38. The van der Waals surface area contributed by atoms with E-state index in [1.807, 2.05) is 20.8 Å². The van der Waals surface area contributed by atoms with Crippen LogP contribution in [0.5, 0.6) is 0 Å². The summed E-state index contributed by atoms with van der Waals surface area (Å²) in [5.41, 5.74) is -0.573. The Bertz CT molecular complexity index is 441. The number of carboxylic acids is 1. The number of aliphatic carboxylic acids is 1. The number of likely N-dealkylation sites (N-methyl/N-ethyl adjacent to an activating group) is 1. The van der Waals surface area contributed by atoms with Gasteiger partial charge in [-0.3, -0.25) is 9.69 Å². The number of nitrogens with zero attached hydrogens (tertiary/aromatic N) is 3. The first-order valence-electron chi connectivity index (χ1n) is 8.29. The van der Waals surface area contributed by atoms with Crippen molar-refractivity contribution in [3.63, 3.8) is 0 Å². The minimum atomic E-state index is -0.836. The van der Waals surface area contributed by atoms with Crippen LogP contribution < -0.4 is 0 Å². The molecule has 0 bridgehead atoms. The van der Waals surface area contributed by atoms with Gasteiger partial charge in [0.2, 0.25) is 0 Å². The topological polar surface area (TPSA) is 73.3 Å². The summed E-state index contributed by atoms with van der Waals surface area (Å²) < 4.78 is 5.43. The van der Waals surface area contributed by atoms with Gasteiger partial charge in [-0.1, -0.05) is 0 Å². The summed E-state index contributed by atoms with van der Waals surface area (Å²) in [5.74, 6) is -1.36. The summed E-state index contributed by atoms with van der Waals surface area (Å²) in [6, 6.07) is 0.0890. The van der Waals surface area contributed by atoms with E-state index in [4.69, 9.17) is 4.74 Å². The summed E-state index contributed by atoms with van der Waals surface area (Å²) >= 11 is 0. The Morgan fingerprint density at radius 1 is 1.09 bits per heavy atom. The van der Waals surface area contributed by atoms with Crippen LogP contribution in [0.2, 0.25) is 0 Å². The number of ether oxygens (including phenoxy) is 1. The molecule has 2 saturated heterocycles. The van der Waals surface area contributed by atoms with Gasteiger partial charge in [0.05, 0.1) is 5.92 Å². The Morgan fingerprint density at radius 2 is 1.70 bits per heavy atom. The number of likely N-dealkylation sites (tertiary alicyclic amines) is 1. The van der Waals surface area contributed by atoms with E-state index in [2.05, 4.69) is 16.8 Å². The van der Waals surface area contributed by atoms with Gasteiger partial charge in [-0.05, 0) is 34.2 Å². The van der Waals surface area contributed by atoms with Crippen molar-refractivity contribution >= 4 is 12.1 Å². The molecule has 0 unspecified atom stereocenters. The van der Waals surface area contributed by atoms with Crippen molar-refractivity contribution in [1.82, 2.24) is 14.7 Å². The fourth-order valence-corrected chi connectivity index (χ4v) is 3.18. The first-order valence-corrected chi connectivity index (χ1v) is 8.29. The minimum Gasteiger partial charge on any atom is -0.481 e. The van der Waals surface area contributed by atoms with E-state index in [0.717, 1.165) is 26.2 Å². The van der Waals surface area contributed by atoms with Gasteiger partial charge >= 0.3 is 12.1 Å². The summed E-state index contributed by atoms with van der Waals surface area (Å²) in [4.78, 5) is 30.0. The number of rotatable bonds is 2. The van der Waals surface area contributed by atoms with E-state index >= 15 is 0 Å². The Labute approximate surface area is 138 Å². The lowest BCUT2D eigenvalue weighted by Crippen LogP contribution is -2.58. The highest BCUT2D eigenvalue weighted by Crippen LogP contribution is 2.24. The van der Waals surface area contributed by atoms with Gasteiger partial charge in [-0.2, -0.15) is 0 Å². The fourth-order valence-electron chi connectivity index (χ4n) is 3.18.